The van der Waals surface area contributed by atoms with Gasteiger partial charge in [0.05, 0.1) is 5.56 Å². The van der Waals surface area contributed by atoms with Crippen molar-refractivity contribution < 1.29 is 9.90 Å². The lowest BCUT2D eigenvalue weighted by molar-refractivity contribution is 0.104. The van der Waals surface area contributed by atoms with Gasteiger partial charge in [-0.1, -0.05) is 77.4 Å². The Morgan fingerprint density at radius 2 is 1.50 bits per heavy atom. The van der Waals surface area contributed by atoms with E-state index >= 15 is 0 Å². The molecular formula is C30H36O2. The van der Waals surface area contributed by atoms with E-state index in [2.05, 4.69) is 45.9 Å². The maximum atomic E-state index is 12.4. The van der Waals surface area contributed by atoms with Gasteiger partial charge in [0.2, 0.25) is 0 Å². The number of carbonyl (C=O) groups excluding carboxylic acids is 1. The number of carbonyl (C=O) groups is 1. The minimum absolute atomic E-state index is 0.0335. The van der Waals surface area contributed by atoms with Crippen molar-refractivity contribution in [3.8, 4) is 5.75 Å². The van der Waals surface area contributed by atoms with Crippen molar-refractivity contribution in [2.45, 2.75) is 59.8 Å². The molecule has 0 radical (unpaired) electrons. The summed E-state index contributed by atoms with van der Waals surface area (Å²) in [6.45, 7) is 8.64. The minimum Gasteiger partial charge on any atom is -0.507 e. The van der Waals surface area contributed by atoms with Crippen molar-refractivity contribution in [1.82, 2.24) is 0 Å². The van der Waals surface area contributed by atoms with Gasteiger partial charge in [0, 0.05) is 0 Å². The maximum Gasteiger partial charge on any atom is 0.189 e. The summed E-state index contributed by atoms with van der Waals surface area (Å²) in [4.78, 5) is 12.4. The third-order valence-corrected chi connectivity index (χ3v) is 5.36. The maximum absolute atomic E-state index is 12.4. The van der Waals surface area contributed by atoms with Crippen LogP contribution in [0.25, 0.3) is 6.08 Å². The second kappa shape index (κ2) is 13.3. The molecule has 168 valence electrons. The number of hydrogen-bond acceptors (Lipinski definition) is 2. The highest BCUT2D eigenvalue weighted by molar-refractivity contribution is 6.08. The molecule has 0 aliphatic heterocycles. The second-order valence-corrected chi connectivity index (χ2v) is 8.62. The van der Waals surface area contributed by atoms with Crippen LogP contribution in [0.5, 0.6) is 5.75 Å². The summed E-state index contributed by atoms with van der Waals surface area (Å²) in [5.41, 5.74) is 6.44. The average Bonchev–Trinajstić information content (AvgIpc) is 2.76. The molecule has 2 aromatic carbocycles. The van der Waals surface area contributed by atoms with E-state index in [1.54, 1.807) is 18.2 Å². The minimum atomic E-state index is -0.198. The SMILES string of the molecule is CC(C)=CCCC(C)=CCCC(C)=CCc1ccc(C(=O)C=Cc2ccccc2)c(O)c1. The number of rotatable bonds is 11. The summed E-state index contributed by atoms with van der Waals surface area (Å²) in [7, 11) is 0. The first kappa shape index (κ1) is 25.1. The van der Waals surface area contributed by atoms with Crippen LogP contribution in [-0.4, -0.2) is 10.9 Å². The van der Waals surface area contributed by atoms with E-state index in [-0.39, 0.29) is 11.5 Å². The van der Waals surface area contributed by atoms with Crippen LogP contribution in [0.3, 0.4) is 0 Å². The van der Waals surface area contributed by atoms with Gasteiger partial charge in [-0.2, -0.15) is 0 Å². The molecular weight excluding hydrogens is 392 g/mol. The van der Waals surface area contributed by atoms with Gasteiger partial charge in [-0.05, 0) is 89.1 Å². The van der Waals surface area contributed by atoms with Gasteiger partial charge in [0.1, 0.15) is 5.75 Å². The highest BCUT2D eigenvalue weighted by Gasteiger charge is 2.08. The number of benzene rings is 2. The number of phenols is 1. The van der Waals surface area contributed by atoms with E-state index in [1.807, 2.05) is 36.4 Å². The van der Waals surface area contributed by atoms with E-state index in [4.69, 9.17) is 0 Å². The van der Waals surface area contributed by atoms with Crippen molar-refractivity contribution >= 4 is 11.9 Å². The Labute approximate surface area is 193 Å². The molecule has 0 bridgehead atoms. The number of phenolic OH excluding ortho intramolecular Hbond substituents is 1. The quantitative estimate of drug-likeness (QED) is 0.222. The van der Waals surface area contributed by atoms with Crippen molar-refractivity contribution in [1.29, 1.82) is 0 Å². The van der Waals surface area contributed by atoms with Crippen LogP contribution >= 0.6 is 0 Å². The molecule has 0 unspecified atom stereocenters. The fourth-order valence-electron chi connectivity index (χ4n) is 3.37. The molecule has 0 saturated carbocycles. The van der Waals surface area contributed by atoms with Gasteiger partial charge in [-0.3, -0.25) is 4.79 Å². The molecule has 1 N–H and O–H groups in total. The molecule has 0 aromatic heterocycles. The highest BCUT2D eigenvalue weighted by Crippen LogP contribution is 2.21. The molecule has 2 rings (SSSR count). The van der Waals surface area contributed by atoms with Crippen molar-refractivity contribution in [2.24, 2.45) is 0 Å². The van der Waals surface area contributed by atoms with Crippen LogP contribution < -0.4 is 0 Å². The first-order chi connectivity index (χ1) is 15.3. The summed E-state index contributed by atoms with van der Waals surface area (Å²) in [5.74, 6) is -0.164. The van der Waals surface area contributed by atoms with Gasteiger partial charge in [0.25, 0.3) is 0 Å². The van der Waals surface area contributed by atoms with Crippen LogP contribution in [0.2, 0.25) is 0 Å². The number of aromatic hydroxyl groups is 1. The molecule has 2 nitrogen and oxygen atoms in total. The van der Waals surface area contributed by atoms with Crippen molar-refractivity contribution in [3.63, 3.8) is 0 Å². The monoisotopic (exact) mass is 428 g/mol. The smallest absolute Gasteiger partial charge is 0.189 e. The Balaban J connectivity index is 1.87. The average molecular weight is 429 g/mol. The van der Waals surface area contributed by atoms with Crippen LogP contribution in [0.1, 0.15) is 74.9 Å². The summed E-state index contributed by atoms with van der Waals surface area (Å²) < 4.78 is 0. The van der Waals surface area contributed by atoms with Gasteiger partial charge in [-0.15, -0.1) is 0 Å². The van der Waals surface area contributed by atoms with Crippen molar-refractivity contribution in [2.75, 3.05) is 0 Å². The van der Waals surface area contributed by atoms with Gasteiger partial charge in [-0.25, -0.2) is 0 Å². The van der Waals surface area contributed by atoms with Crippen molar-refractivity contribution in [3.05, 3.63) is 106 Å². The van der Waals surface area contributed by atoms with E-state index in [0.717, 1.165) is 43.2 Å². The van der Waals surface area contributed by atoms with Crippen LogP contribution in [0.4, 0.5) is 0 Å². The fourth-order valence-corrected chi connectivity index (χ4v) is 3.37. The van der Waals surface area contributed by atoms with Gasteiger partial charge in [0.15, 0.2) is 5.78 Å². The predicted octanol–water partition coefficient (Wildman–Crippen LogP) is 8.25. The largest absolute Gasteiger partial charge is 0.507 e. The van der Waals surface area contributed by atoms with Crippen LogP contribution in [0.15, 0.2) is 89.6 Å². The lowest BCUT2D eigenvalue weighted by Crippen LogP contribution is -1.96. The molecule has 0 spiro atoms. The van der Waals surface area contributed by atoms with Gasteiger partial charge >= 0.3 is 0 Å². The molecule has 0 atom stereocenters. The molecule has 0 heterocycles. The Morgan fingerprint density at radius 3 is 2.16 bits per heavy atom. The summed E-state index contributed by atoms with van der Waals surface area (Å²) in [6.07, 6.45) is 15.2. The Kier molecular flexibility index (Phi) is 10.5. The first-order valence-electron chi connectivity index (χ1n) is 11.4. The normalized spacial score (nSPS) is 12.2. The Hall–Kier alpha value is -3.13. The summed E-state index contributed by atoms with van der Waals surface area (Å²) in [6, 6.07) is 15.0. The molecule has 2 aromatic rings. The highest BCUT2D eigenvalue weighted by atomic mass is 16.3. The molecule has 32 heavy (non-hydrogen) atoms. The van der Waals surface area contributed by atoms with E-state index < -0.39 is 0 Å². The predicted molar refractivity (Wildman–Crippen MR) is 137 cm³/mol. The molecule has 0 fully saturated rings. The standard InChI is InChI=1S/C30H36O2/c1-23(2)10-8-11-24(3)12-9-13-25(4)16-17-27-18-20-28(30(32)22-27)29(31)21-19-26-14-6-5-7-15-26/h5-7,10,12,14-16,18-22,32H,8-9,11,13,17H2,1-4H3. The van der Waals surface area contributed by atoms with Crippen LogP contribution in [0, 0.1) is 0 Å². The lowest BCUT2D eigenvalue weighted by atomic mass is 10.0. The molecule has 2 heteroatoms. The number of allylic oxidation sites excluding steroid dienone is 7. The second-order valence-electron chi connectivity index (χ2n) is 8.62. The zero-order valence-electron chi connectivity index (χ0n) is 19.9. The van der Waals surface area contributed by atoms with E-state index in [9.17, 15) is 9.90 Å². The summed E-state index contributed by atoms with van der Waals surface area (Å²) in [5, 5.41) is 10.3. The Bertz CT molecular complexity index is 1000. The number of hydrogen-bond donors (Lipinski definition) is 1. The Morgan fingerprint density at radius 1 is 0.844 bits per heavy atom. The molecule has 0 aliphatic rings. The topological polar surface area (TPSA) is 37.3 Å². The zero-order chi connectivity index (χ0) is 23.3. The lowest BCUT2D eigenvalue weighted by Gasteiger charge is -2.05. The van der Waals surface area contributed by atoms with Crippen LogP contribution in [-0.2, 0) is 6.42 Å². The molecule has 0 aliphatic carbocycles. The third kappa shape index (κ3) is 9.34. The fraction of sp³-hybridized carbons (Fsp3) is 0.300. The zero-order valence-corrected chi connectivity index (χ0v) is 19.9. The molecule has 0 amide bonds. The molecule has 0 saturated heterocycles. The third-order valence-electron chi connectivity index (χ3n) is 5.36. The number of ketones is 1. The first-order valence-corrected chi connectivity index (χ1v) is 11.4. The van der Waals surface area contributed by atoms with E-state index in [1.165, 1.54) is 22.8 Å². The van der Waals surface area contributed by atoms with E-state index in [0.29, 0.717) is 5.56 Å². The summed E-state index contributed by atoms with van der Waals surface area (Å²) >= 11 is 0. The van der Waals surface area contributed by atoms with Gasteiger partial charge < -0.3 is 5.11 Å².